The van der Waals surface area contributed by atoms with Crippen LogP contribution < -0.4 is 15.8 Å². The first-order valence-corrected chi connectivity index (χ1v) is 6.95. The highest BCUT2D eigenvalue weighted by Crippen LogP contribution is 2.31. The van der Waals surface area contributed by atoms with Gasteiger partial charge in [0.25, 0.3) is 0 Å². The highest BCUT2D eigenvalue weighted by atomic mass is 16.5. The molecule has 2 unspecified atom stereocenters. The molecular formula is C15H22N2O3. The smallest absolute Gasteiger partial charge is 0.237 e. The first-order valence-electron chi connectivity index (χ1n) is 6.95. The largest absolute Gasteiger partial charge is 0.490 e. The minimum absolute atomic E-state index is 0.0596. The van der Waals surface area contributed by atoms with Crippen molar-refractivity contribution in [3.63, 3.8) is 0 Å². The standard InChI is InChI=1S/C15H22N2O3/c1-17-15(14(16)19)8-4-6-12(9-15)20-13-7-3-2-5-11(13)10-18/h2-3,5,7,12,17-18H,4,6,8-10H2,1H3,(H2,16,19). The van der Waals surface area contributed by atoms with E-state index in [2.05, 4.69) is 5.32 Å². The number of para-hydroxylation sites is 1. The lowest BCUT2D eigenvalue weighted by atomic mass is 9.79. The number of benzene rings is 1. The van der Waals surface area contributed by atoms with E-state index >= 15 is 0 Å². The summed E-state index contributed by atoms with van der Waals surface area (Å²) in [6.45, 7) is -0.0596. The molecule has 0 saturated heterocycles. The van der Waals surface area contributed by atoms with Crippen LogP contribution in [-0.4, -0.2) is 29.7 Å². The Morgan fingerprint density at radius 2 is 2.30 bits per heavy atom. The van der Waals surface area contributed by atoms with Crippen LogP contribution in [0.5, 0.6) is 5.75 Å². The molecule has 0 aliphatic heterocycles. The molecule has 1 saturated carbocycles. The van der Waals surface area contributed by atoms with Gasteiger partial charge in [0.05, 0.1) is 6.61 Å². The third-order valence-corrected chi connectivity index (χ3v) is 4.09. The predicted octanol–water partition coefficient (Wildman–Crippen LogP) is 0.944. The molecule has 5 nitrogen and oxygen atoms in total. The van der Waals surface area contributed by atoms with Crippen molar-refractivity contribution in [3.8, 4) is 5.75 Å². The van der Waals surface area contributed by atoms with Gasteiger partial charge in [-0.1, -0.05) is 18.2 Å². The number of amides is 1. The molecule has 110 valence electrons. The summed E-state index contributed by atoms with van der Waals surface area (Å²) in [4.78, 5) is 11.7. The maximum Gasteiger partial charge on any atom is 0.237 e. The summed E-state index contributed by atoms with van der Waals surface area (Å²) in [5.41, 5.74) is 5.60. The Morgan fingerprint density at radius 3 is 2.95 bits per heavy atom. The van der Waals surface area contributed by atoms with E-state index < -0.39 is 5.54 Å². The Kier molecular flexibility index (Phi) is 4.62. The maximum atomic E-state index is 11.7. The van der Waals surface area contributed by atoms with Crippen LogP contribution in [0.4, 0.5) is 0 Å². The lowest BCUT2D eigenvalue weighted by molar-refractivity contribution is -0.126. The molecule has 1 aliphatic rings. The lowest BCUT2D eigenvalue weighted by Gasteiger charge is -2.38. The minimum Gasteiger partial charge on any atom is -0.490 e. The van der Waals surface area contributed by atoms with Gasteiger partial charge in [-0.2, -0.15) is 0 Å². The van der Waals surface area contributed by atoms with Gasteiger partial charge in [-0.05, 0) is 32.4 Å². The third kappa shape index (κ3) is 2.94. The fraction of sp³-hybridized carbons (Fsp3) is 0.533. The SMILES string of the molecule is CNC1(C(N)=O)CCCC(Oc2ccccc2CO)C1. The Morgan fingerprint density at radius 1 is 1.55 bits per heavy atom. The van der Waals surface area contributed by atoms with Gasteiger partial charge in [-0.15, -0.1) is 0 Å². The molecule has 2 atom stereocenters. The van der Waals surface area contributed by atoms with Gasteiger partial charge in [-0.3, -0.25) is 4.79 Å². The van der Waals surface area contributed by atoms with Crippen molar-refractivity contribution in [2.75, 3.05) is 7.05 Å². The van der Waals surface area contributed by atoms with E-state index in [1.165, 1.54) is 0 Å². The van der Waals surface area contributed by atoms with Gasteiger partial charge in [-0.25, -0.2) is 0 Å². The summed E-state index contributed by atoms with van der Waals surface area (Å²) in [6.07, 6.45) is 2.99. The maximum absolute atomic E-state index is 11.7. The number of aliphatic hydroxyl groups excluding tert-OH is 1. The normalized spacial score (nSPS) is 26.2. The summed E-state index contributed by atoms with van der Waals surface area (Å²) in [6, 6.07) is 7.40. The van der Waals surface area contributed by atoms with E-state index in [0.29, 0.717) is 12.2 Å². The zero-order valence-corrected chi connectivity index (χ0v) is 11.8. The number of carbonyl (C=O) groups is 1. The second-order valence-electron chi connectivity index (χ2n) is 5.30. The van der Waals surface area contributed by atoms with Crippen molar-refractivity contribution in [3.05, 3.63) is 29.8 Å². The molecule has 0 radical (unpaired) electrons. The molecule has 0 heterocycles. The van der Waals surface area contributed by atoms with E-state index in [0.717, 1.165) is 24.8 Å². The van der Waals surface area contributed by atoms with Crippen molar-refractivity contribution in [2.24, 2.45) is 5.73 Å². The molecule has 4 N–H and O–H groups in total. The van der Waals surface area contributed by atoms with E-state index in [1.54, 1.807) is 7.05 Å². The van der Waals surface area contributed by atoms with Gasteiger partial charge in [0.2, 0.25) is 5.91 Å². The number of hydrogen-bond acceptors (Lipinski definition) is 4. The molecule has 0 bridgehead atoms. The average molecular weight is 278 g/mol. The number of nitrogens with two attached hydrogens (primary N) is 1. The Hall–Kier alpha value is -1.59. The monoisotopic (exact) mass is 278 g/mol. The first kappa shape index (κ1) is 14.8. The zero-order valence-electron chi connectivity index (χ0n) is 11.8. The molecule has 1 fully saturated rings. The number of hydrogen-bond donors (Lipinski definition) is 3. The zero-order chi connectivity index (χ0) is 14.6. The molecule has 0 aromatic heterocycles. The molecule has 20 heavy (non-hydrogen) atoms. The van der Waals surface area contributed by atoms with Crippen LogP contribution >= 0.6 is 0 Å². The summed E-state index contributed by atoms with van der Waals surface area (Å²) >= 11 is 0. The van der Waals surface area contributed by atoms with Gasteiger partial charge in [0.1, 0.15) is 17.4 Å². The molecule has 1 aliphatic carbocycles. The van der Waals surface area contributed by atoms with E-state index in [1.807, 2.05) is 24.3 Å². The highest BCUT2D eigenvalue weighted by Gasteiger charge is 2.41. The second kappa shape index (κ2) is 6.24. The van der Waals surface area contributed by atoms with Crippen LogP contribution in [-0.2, 0) is 11.4 Å². The number of likely N-dealkylation sites (N-methyl/N-ethyl adjacent to an activating group) is 1. The average Bonchev–Trinajstić information content (AvgIpc) is 2.47. The van der Waals surface area contributed by atoms with E-state index in [9.17, 15) is 9.90 Å². The summed E-state index contributed by atoms with van der Waals surface area (Å²) < 4.78 is 5.98. The summed E-state index contributed by atoms with van der Waals surface area (Å²) in [5, 5.41) is 12.4. The molecule has 2 rings (SSSR count). The summed E-state index contributed by atoms with van der Waals surface area (Å²) in [5.74, 6) is 0.347. The van der Waals surface area contributed by atoms with Crippen molar-refractivity contribution in [2.45, 2.75) is 43.9 Å². The fourth-order valence-corrected chi connectivity index (χ4v) is 2.83. The second-order valence-corrected chi connectivity index (χ2v) is 5.30. The van der Waals surface area contributed by atoms with Crippen LogP contribution in [0.2, 0.25) is 0 Å². The molecular weight excluding hydrogens is 256 g/mol. The fourth-order valence-electron chi connectivity index (χ4n) is 2.83. The Balaban J connectivity index is 2.12. The van der Waals surface area contributed by atoms with E-state index in [4.69, 9.17) is 10.5 Å². The molecule has 0 spiro atoms. The molecule has 1 aromatic carbocycles. The van der Waals surface area contributed by atoms with Crippen molar-refractivity contribution in [1.29, 1.82) is 0 Å². The lowest BCUT2D eigenvalue weighted by Crippen LogP contribution is -2.58. The number of carbonyl (C=O) groups excluding carboxylic acids is 1. The molecule has 5 heteroatoms. The third-order valence-electron chi connectivity index (χ3n) is 4.09. The quantitative estimate of drug-likeness (QED) is 0.748. The number of aliphatic hydroxyl groups is 1. The first-order chi connectivity index (χ1) is 9.61. The number of nitrogens with one attached hydrogen (secondary N) is 1. The number of ether oxygens (including phenoxy) is 1. The van der Waals surface area contributed by atoms with E-state index in [-0.39, 0.29) is 18.6 Å². The highest BCUT2D eigenvalue weighted by molar-refractivity contribution is 5.84. The predicted molar refractivity (Wildman–Crippen MR) is 76.2 cm³/mol. The molecule has 1 aromatic rings. The Bertz CT molecular complexity index is 478. The minimum atomic E-state index is -0.683. The van der Waals surface area contributed by atoms with Crippen LogP contribution in [0.1, 0.15) is 31.2 Å². The van der Waals surface area contributed by atoms with Gasteiger partial charge >= 0.3 is 0 Å². The van der Waals surface area contributed by atoms with Crippen molar-refractivity contribution < 1.29 is 14.6 Å². The summed E-state index contributed by atoms with van der Waals surface area (Å²) in [7, 11) is 1.76. The number of rotatable bonds is 5. The van der Waals surface area contributed by atoms with Crippen LogP contribution in [0.3, 0.4) is 0 Å². The van der Waals surface area contributed by atoms with Crippen molar-refractivity contribution in [1.82, 2.24) is 5.32 Å². The van der Waals surface area contributed by atoms with Gasteiger partial charge in [0, 0.05) is 12.0 Å². The van der Waals surface area contributed by atoms with Crippen LogP contribution in [0, 0.1) is 0 Å². The molecule has 1 amide bonds. The Labute approximate surface area is 119 Å². The topological polar surface area (TPSA) is 84.6 Å². The van der Waals surface area contributed by atoms with Gasteiger partial charge < -0.3 is 20.9 Å². The van der Waals surface area contributed by atoms with Crippen molar-refractivity contribution >= 4 is 5.91 Å². The number of primary amides is 1. The van der Waals surface area contributed by atoms with Crippen LogP contribution in [0.15, 0.2) is 24.3 Å². The van der Waals surface area contributed by atoms with Crippen LogP contribution in [0.25, 0.3) is 0 Å². The van der Waals surface area contributed by atoms with Gasteiger partial charge in [0.15, 0.2) is 0 Å².